The van der Waals surface area contributed by atoms with Crippen molar-refractivity contribution in [2.24, 2.45) is 5.73 Å². The number of nitrogens with zero attached hydrogens (tertiary/aromatic N) is 3. The van der Waals surface area contributed by atoms with Gasteiger partial charge in [-0.1, -0.05) is 53.5 Å². The first kappa shape index (κ1) is 21.2. The van der Waals surface area contributed by atoms with Crippen molar-refractivity contribution in [1.29, 1.82) is 0 Å². The van der Waals surface area contributed by atoms with Gasteiger partial charge in [-0.2, -0.15) is 0 Å². The maximum absolute atomic E-state index is 12.9. The van der Waals surface area contributed by atoms with Crippen molar-refractivity contribution in [3.8, 4) is 5.69 Å². The average Bonchev–Trinajstić information content (AvgIpc) is 3.01. The van der Waals surface area contributed by atoms with E-state index in [-0.39, 0.29) is 16.1 Å². The van der Waals surface area contributed by atoms with E-state index in [0.29, 0.717) is 18.1 Å². The summed E-state index contributed by atoms with van der Waals surface area (Å²) in [5.41, 5.74) is 8.98. The molecule has 0 radical (unpaired) electrons. The zero-order chi connectivity index (χ0) is 21.3. The monoisotopic (exact) mass is 444 g/mol. The Morgan fingerprint density at radius 2 is 1.63 bits per heavy atom. The summed E-state index contributed by atoms with van der Waals surface area (Å²) < 4.78 is 3.59. The zero-order valence-electron chi connectivity index (χ0n) is 17.0. The van der Waals surface area contributed by atoms with Crippen molar-refractivity contribution < 1.29 is 0 Å². The van der Waals surface area contributed by atoms with Gasteiger partial charge in [0.2, 0.25) is 0 Å². The molecule has 158 valence electrons. The van der Waals surface area contributed by atoms with Crippen LogP contribution in [0.25, 0.3) is 5.69 Å². The zero-order valence-corrected chi connectivity index (χ0v) is 18.5. The minimum atomic E-state index is -0.304. The van der Waals surface area contributed by atoms with Gasteiger partial charge in [0.25, 0.3) is 5.56 Å². The standard InChI is InChI=1S/C23H26Cl2N4O/c1-2-28-20(21(25)22(30)29(28)19-10-8-18(24)9-11-19)16-27-14-12-23(26,13-15-27)17-6-4-3-5-7-17/h3-11H,2,12-16,26H2,1H3. The third kappa shape index (κ3) is 3.95. The summed E-state index contributed by atoms with van der Waals surface area (Å²) in [7, 11) is 0. The van der Waals surface area contributed by atoms with Gasteiger partial charge in [0.15, 0.2) is 0 Å². The highest BCUT2D eigenvalue weighted by Crippen LogP contribution is 2.31. The van der Waals surface area contributed by atoms with Crippen LogP contribution in [0.1, 0.15) is 31.0 Å². The maximum atomic E-state index is 12.9. The summed E-state index contributed by atoms with van der Waals surface area (Å²) in [6.07, 6.45) is 1.73. The van der Waals surface area contributed by atoms with Crippen LogP contribution in [0.4, 0.5) is 0 Å². The molecule has 3 aromatic rings. The van der Waals surface area contributed by atoms with E-state index in [9.17, 15) is 4.79 Å². The van der Waals surface area contributed by atoms with Crippen LogP contribution >= 0.6 is 23.2 Å². The molecule has 0 saturated carbocycles. The molecule has 2 heterocycles. The molecule has 4 rings (SSSR count). The molecular weight excluding hydrogens is 419 g/mol. The van der Waals surface area contributed by atoms with Gasteiger partial charge in [0, 0.05) is 36.7 Å². The summed E-state index contributed by atoms with van der Waals surface area (Å²) in [4.78, 5) is 15.2. The predicted octanol–water partition coefficient (Wildman–Crippen LogP) is 4.42. The number of halogens is 2. The number of rotatable bonds is 5. The molecule has 1 aromatic heterocycles. The molecule has 2 N–H and O–H groups in total. The van der Waals surface area contributed by atoms with E-state index in [2.05, 4.69) is 17.0 Å². The summed E-state index contributed by atoms with van der Waals surface area (Å²) in [5, 5.41) is 0.907. The Morgan fingerprint density at radius 1 is 1.00 bits per heavy atom. The van der Waals surface area contributed by atoms with Gasteiger partial charge >= 0.3 is 0 Å². The van der Waals surface area contributed by atoms with Crippen LogP contribution in [-0.4, -0.2) is 27.4 Å². The molecule has 1 saturated heterocycles. The fourth-order valence-corrected chi connectivity index (χ4v) is 4.63. The Morgan fingerprint density at radius 3 is 2.23 bits per heavy atom. The van der Waals surface area contributed by atoms with Crippen molar-refractivity contribution in [2.75, 3.05) is 13.1 Å². The summed E-state index contributed by atoms with van der Waals surface area (Å²) >= 11 is 12.5. The minimum absolute atomic E-state index is 0.203. The smallest absolute Gasteiger partial charge is 0.290 e. The number of likely N-dealkylation sites (tertiary alicyclic amines) is 1. The van der Waals surface area contributed by atoms with Gasteiger partial charge in [0.05, 0.1) is 11.4 Å². The fourth-order valence-electron chi connectivity index (χ4n) is 4.26. The van der Waals surface area contributed by atoms with Crippen LogP contribution < -0.4 is 11.3 Å². The van der Waals surface area contributed by atoms with Crippen molar-refractivity contribution in [2.45, 2.75) is 38.4 Å². The second-order valence-corrected chi connectivity index (χ2v) is 8.68. The predicted molar refractivity (Wildman–Crippen MR) is 123 cm³/mol. The van der Waals surface area contributed by atoms with Gasteiger partial charge < -0.3 is 5.73 Å². The molecule has 0 aliphatic carbocycles. The van der Waals surface area contributed by atoms with Gasteiger partial charge in [-0.05, 0) is 49.6 Å². The molecule has 5 nitrogen and oxygen atoms in total. The number of hydrogen-bond acceptors (Lipinski definition) is 3. The normalized spacial score (nSPS) is 16.7. The van der Waals surface area contributed by atoms with Gasteiger partial charge in [-0.25, -0.2) is 4.68 Å². The lowest BCUT2D eigenvalue weighted by atomic mass is 9.82. The number of nitrogens with two attached hydrogens (primary N) is 1. The van der Waals surface area contributed by atoms with E-state index in [1.807, 2.05) is 41.9 Å². The second kappa shape index (κ2) is 8.60. The number of hydrogen-bond donors (Lipinski definition) is 1. The van der Waals surface area contributed by atoms with Crippen LogP contribution in [0.2, 0.25) is 10.0 Å². The van der Waals surface area contributed by atoms with E-state index in [1.165, 1.54) is 5.56 Å². The maximum Gasteiger partial charge on any atom is 0.290 e. The molecular formula is C23H26Cl2N4O. The first-order chi connectivity index (χ1) is 14.4. The topological polar surface area (TPSA) is 56.2 Å². The third-order valence-electron chi connectivity index (χ3n) is 6.03. The molecule has 1 aliphatic rings. The van der Waals surface area contributed by atoms with E-state index >= 15 is 0 Å². The number of benzene rings is 2. The average molecular weight is 445 g/mol. The minimum Gasteiger partial charge on any atom is -0.321 e. The van der Waals surface area contributed by atoms with E-state index in [0.717, 1.165) is 37.3 Å². The first-order valence-electron chi connectivity index (χ1n) is 10.3. The van der Waals surface area contributed by atoms with Crippen LogP contribution in [0.5, 0.6) is 0 Å². The lowest BCUT2D eigenvalue weighted by Crippen LogP contribution is -2.48. The molecule has 0 atom stereocenters. The van der Waals surface area contributed by atoms with Crippen molar-refractivity contribution in [1.82, 2.24) is 14.3 Å². The lowest BCUT2D eigenvalue weighted by Gasteiger charge is -2.39. The van der Waals surface area contributed by atoms with E-state index in [4.69, 9.17) is 28.9 Å². The number of aromatic nitrogens is 2. The summed E-state index contributed by atoms with van der Waals surface area (Å²) in [5.74, 6) is 0. The molecule has 0 spiro atoms. The Hall–Kier alpha value is -2.05. The largest absolute Gasteiger partial charge is 0.321 e. The SMILES string of the molecule is CCn1c(CN2CCC(N)(c3ccccc3)CC2)c(Cl)c(=O)n1-c1ccc(Cl)cc1. The summed E-state index contributed by atoms with van der Waals surface area (Å²) in [6.45, 7) is 4.98. The van der Waals surface area contributed by atoms with Crippen LogP contribution in [0.15, 0.2) is 59.4 Å². The van der Waals surface area contributed by atoms with Crippen LogP contribution in [0, 0.1) is 0 Å². The highest BCUT2D eigenvalue weighted by Gasteiger charge is 2.33. The molecule has 1 fully saturated rings. The Bertz CT molecular complexity index is 1070. The first-order valence-corrected chi connectivity index (χ1v) is 11.0. The molecule has 2 aromatic carbocycles. The molecule has 30 heavy (non-hydrogen) atoms. The van der Waals surface area contributed by atoms with Crippen molar-refractivity contribution in [3.05, 3.63) is 86.3 Å². The molecule has 0 bridgehead atoms. The highest BCUT2D eigenvalue weighted by atomic mass is 35.5. The lowest BCUT2D eigenvalue weighted by molar-refractivity contribution is 0.151. The number of piperidine rings is 1. The molecule has 7 heteroatoms. The highest BCUT2D eigenvalue weighted by molar-refractivity contribution is 6.31. The van der Waals surface area contributed by atoms with Gasteiger partial charge in [-0.3, -0.25) is 14.4 Å². The van der Waals surface area contributed by atoms with Gasteiger partial charge in [-0.15, -0.1) is 0 Å². The Balaban J connectivity index is 1.57. The second-order valence-electron chi connectivity index (χ2n) is 7.87. The summed E-state index contributed by atoms with van der Waals surface area (Å²) in [6, 6.07) is 17.5. The molecule has 0 unspecified atom stereocenters. The van der Waals surface area contributed by atoms with Crippen LogP contribution in [0.3, 0.4) is 0 Å². The molecule has 1 aliphatic heterocycles. The van der Waals surface area contributed by atoms with E-state index in [1.54, 1.807) is 16.8 Å². The molecule has 0 amide bonds. The van der Waals surface area contributed by atoms with Crippen molar-refractivity contribution >= 4 is 23.2 Å². The van der Waals surface area contributed by atoms with E-state index < -0.39 is 0 Å². The Labute approximate surface area is 186 Å². The van der Waals surface area contributed by atoms with Crippen LogP contribution in [-0.2, 0) is 18.6 Å². The van der Waals surface area contributed by atoms with Crippen molar-refractivity contribution in [3.63, 3.8) is 0 Å². The quantitative estimate of drug-likeness (QED) is 0.633. The third-order valence-corrected chi connectivity index (χ3v) is 6.66. The Kier molecular flexibility index (Phi) is 6.07. The van der Waals surface area contributed by atoms with Gasteiger partial charge in [0.1, 0.15) is 5.02 Å². The fraction of sp³-hybridized carbons (Fsp3) is 0.348.